The maximum atomic E-state index is 11.9. The number of amides is 1. The molecule has 1 aliphatic rings. The Balaban J connectivity index is 1.91. The fraction of sp³-hybridized carbons (Fsp3) is 0.500. The molecule has 0 bridgehead atoms. The van der Waals surface area contributed by atoms with Gasteiger partial charge < -0.3 is 10.1 Å². The standard InChI is InChI=1S/C12H15ClN2O2/c1-17-10-4-3-9(6-10)15-12(16)8-2-5-11(13)14-7-8/h2,5,7,9-10H,3-4,6H2,1H3,(H,15,16). The van der Waals surface area contributed by atoms with Crippen molar-refractivity contribution in [2.45, 2.75) is 31.4 Å². The Bertz CT molecular complexity index is 394. The fourth-order valence-electron chi connectivity index (χ4n) is 2.06. The van der Waals surface area contributed by atoms with Crippen LogP contribution in [-0.4, -0.2) is 30.1 Å². The van der Waals surface area contributed by atoms with Gasteiger partial charge >= 0.3 is 0 Å². The third-order valence-corrected chi connectivity index (χ3v) is 3.27. The zero-order valence-electron chi connectivity index (χ0n) is 9.65. The summed E-state index contributed by atoms with van der Waals surface area (Å²) in [6.07, 6.45) is 4.60. The van der Waals surface area contributed by atoms with Gasteiger partial charge in [-0.2, -0.15) is 0 Å². The Morgan fingerprint density at radius 2 is 2.35 bits per heavy atom. The van der Waals surface area contributed by atoms with Crippen molar-refractivity contribution in [1.29, 1.82) is 0 Å². The molecule has 5 heteroatoms. The van der Waals surface area contributed by atoms with Crippen LogP contribution in [0.25, 0.3) is 0 Å². The molecule has 1 N–H and O–H groups in total. The molecule has 2 rings (SSSR count). The lowest BCUT2D eigenvalue weighted by atomic mass is 10.2. The highest BCUT2D eigenvalue weighted by Gasteiger charge is 2.25. The molecule has 17 heavy (non-hydrogen) atoms. The predicted molar refractivity (Wildman–Crippen MR) is 65.1 cm³/mol. The molecule has 92 valence electrons. The summed E-state index contributed by atoms with van der Waals surface area (Å²) in [6.45, 7) is 0. The van der Waals surface area contributed by atoms with Gasteiger partial charge in [0.05, 0.1) is 11.7 Å². The van der Waals surface area contributed by atoms with Gasteiger partial charge in [-0.05, 0) is 31.4 Å². The molecule has 0 aliphatic heterocycles. The second-order valence-corrected chi connectivity index (χ2v) is 4.60. The number of rotatable bonds is 3. The van der Waals surface area contributed by atoms with Crippen LogP contribution in [0.3, 0.4) is 0 Å². The number of aromatic nitrogens is 1. The summed E-state index contributed by atoms with van der Waals surface area (Å²) in [4.78, 5) is 15.8. The second kappa shape index (κ2) is 5.47. The Kier molecular flexibility index (Phi) is 3.97. The van der Waals surface area contributed by atoms with Gasteiger partial charge in [-0.15, -0.1) is 0 Å². The maximum Gasteiger partial charge on any atom is 0.253 e. The van der Waals surface area contributed by atoms with Crippen LogP contribution in [0.2, 0.25) is 5.15 Å². The molecule has 0 saturated heterocycles. The third-order valence-electron chi connectivity index (χ3n) is 3.04. The summed E-state index contributed by atoms with van der Waals surface area (Å²) >= 11 is 5.67. The maximum absolute atomic E-state index is 11.9. The molecule has 2 atom stereocenters. The summed E-state index contributed by atoms with van der Waals surface area (Å²) in [7, 11) is 1.71. The van der Waals surface area contributed by atoms with Crippen LogP contribution < -0.4 is 5.32 Å². The van der Waals surface area contributed by atoms with Gasteiger partial charge in [-0.3, -0.25) is 4.79 Å². The van der Waals surface area contributed by atoms with Crippen LogP contribution in [-0.2, 0) is 4.74 Å². The quantitative estimate of drug-likeness (QED) is 0.840. The zero-order chi connectivity index (χ0) is 12.3. The largest absolute Gasteiger partial charge is 0.381 e. The zero-order valence-corrected chi connectivity index (χ0v) is 10.4. The lowest BCUT2D eigenvalue weighted by Gasteiger charge is -2.12. The van der Waals surface area contributed by atoms with E-state index in [2.05, 4.69) is 10.3 Å². The van der Waals surface area contributed by atoms with E-state index >= 15 is 0 Å². The molecule has 2 unspecified atom stereocenters. The number of hydrogen-bond acceptors (Lipinski definition) is 3. The normalized spacial score (nSPS) is 23.6. The highest BCUT2D eigenvalue weighted by atomic mass is 35.5. The van der Waals surface area contributed by atoms with Crippen molar-refractivity contribution in [3.8, 4) is 0 Å². The van der Waals surface area contributed by atoms with Crippen LogP contribution in [0.5, 0.6) is 0 Å². The van der Waals surface area contributed by atoms with E-state index in [9.17, 15) is 4.79 Å². The predicted octanol–water partition coefficient (Wildman–Crippen LogP) is 2.03. The lowest BCUT2D eigenvalue weighted by molar-refractivity contribution is 0.0914. The molecular formula is C12H15ClN2O2. The van der Waals surface area contributed by atoms with Crippen LogP contribution in [0.15, 0.2) is 18.3 Å². The first kappa shape index (κ1) is 12.3. The van der Waals surface area contributed by atoms with Crippen LogP contribution in [0.1, 0.15) is 29.6 Å². The summed E-state index contributed by atoms with van der Waals surface area (Å²) in [6, 6.07) is 3.49. The number of ether oxygens (including phenoxy) is 1. The van der Waals surface area contributed by atoms with E-state index in [4.69, 9.17) is 16.3 Å². The molecule has 1 fully saturated rings. The minimum Gasteiger partial charge on any atom is -0.381 e. The van der Waals surface area contributed by atoms with Gasteiger partial charge in [0.2, 0.25) is 0 Å². The number of pyridine rings is 1. The average molecular weight is 255 g/mol. The molecule has 1 heterocycles. The lowest BCUT2D eigenvalue weighted by Crippen LogP contribution is -2.33. The van der Waals surface area contributed by atoms with Crippen LogP contribution in [0.4, 0.5) is 0 Å². The summed E-state index contributed by atoms with van der Waals surface area (Å²) in [5, 5.41) is 3.37. The Hall–Kier alpha value is -1.13. The summed E-state index contributed by atoms with van der Waals surface area (Å²) in [5.74, 6) is -0.101. The molecule has 1 aliphatic carbocycles. The van der Waals surface area contributed by atoms with E-state index < -0.39 is 0 Å². The Morgan fingerprint density at radius 3 is 2.94 bits per heavy atom. The molecule has 1 saturated carbocycles. The van der Waals surface area contributed by atoms with Gasteiger partial charge in [-0.1, -0.05) is 11.6 Å². The Labute approximate surface area is 105 Å². The minimum absolute atomic E-state index is 0.101. The molecule has 0 aromatic carbocycles. The summed E-state index contributed by atoms with van der Waals surface area (Å²) in [5.41, 5.74) is 0.537. The van der Waals surface area contributed by atoms with Crippen LogP contribution in [0, 0.1) is 0 Å². The number of nitrogens with zero attached hydrogens (tertiary/aromatic N) is 1. The van der Waals surface area contributed by atoms with E-state index in [-0.39, 0.29) is 18.1 Å². The number of hydrogen-bond donors (Lipinski definition) is 1. The molecular weight excluding hydrogens is 240 g/mol. The second-order valence-electron chi connectivity index (χ2n) is 4.21. The van der Waals surface area contributed by atoms with Crippen molar-refractivity contribution in [2.75, 3.05) is 7.11 Å². The van der Waals surface area contributed by atoms with Gasteiger partial charge in [0.25, 0.3) is 5.91 Å². The molecule has 0 radical (unpaired) electrons. The van der Waals surface area contributed by atoms with E-state index in [1.807, 2.05) is 0 Å². The topological polar surface area (TPSA) is 51.2 Å². The summed E-state index contributed by atoms with van der Waals surface area (Å²) < 4.78 is 5.26. The van der Waals surface area contributed by atoms with Crippen molar-refractivity contribution in [2.24, 2.45) is 0 Å². The van der Waals surface area contributed by atoms with E-state index in [1.54, 1.807) is 19.2 Å². The van der Waals surface area contributed by atoms with Crippen LogP contribution >= 0.6 is 11.6 Å². The molecule has 1 aromatic rings. The molecule has 1 amide bonds. The van der Waals surface area contributed by atoms with Gasteiger partial charge in [0.15, 0.2) is 0 Å². The number of carbonyl (C=O) groups excluding carboxylic acids is 1. The number of halogens is 1. The number of nitrogens with one attached hydrogen (secondary N) is 1. The van der Waals surface area contributed by atoms with Crippen molar-refractivity contribution in [3.05, 3.63) is 29.0 Å². The first-order valence-corrected chi connectivity index (χ1v) is 6.02. The van der Waals surface area contributed by atoms with Crippen molar-refractivity contribution >= 4 is 17.5 Å². The van der Waals surface area contributed by atoms with Gasteiger partial charge in [0.1, 0.15) is 5.15 Å². The fourth-order valence-corrected chi connectivity index (χ4v) is 2.18. The van der Waals surface area contributed by atoms with E-state index in [0.717, 1.165) is 19.3 Å². The monoisotopic (exact) mass is 254 g/mol. The smallest absolute Gasteiger partial charge is 0.253 e. The number of carbonyl (C=O) groups is 1. The minimum atomic E-state index is -0.101. The van der Waals surface area contributed by atoms with E-state index in [1.165, 1.54) is 6.20 Å². The van der Waals surface area contributed by atoms with Crippen molar-refractivity contribution < 1.29 is 9.53 Å². The highest BCUT2D eigenvalue weighted by molar-refractivity contribution is 6.29. The van der Waals surface area contributed by atoms with Crippen molar-refractivity contribution in [3.63, 3.8) is 0 Å². The Morgan fingerprint density at radius 1 is 1.53 bits per heavy atom. The third kappa shape index (κ3) is 3.17. The molecule has 0 spiro atoms. The SMILES string of the molecule is COC1CCC(NC(=O)c2ccc(Cl)nc2)C1. The van der Waals surface area contributed by atoms with E-state index in [0.29, 0.717) is 10.7 Å². The molecule has 1 aromatic heterocycles. The van der Waals surface area contributed by atoms with Gasteiger partial charge in [-0.25, -0.2) is 4.98 Å². The number of methoxy groups -OCH3 is 1. The van der Waals surface area contributed by atoms with Crippen molar-refractivity contribution in [1.82, 2.24) is 10.3 Å². The van der Waals surface area contributed by atoms with Gasteiger partial charge in [0, 0.05) is 19.3 Å². The highest BCUT2D eigenvalue weighted by Crippen LogP contribution is 2.21. The first-order chi connectivity index (χ1) is 8.19. The molecule has 4 nitrogen and oxygen atoms in total. The average Bonchev–Trinajstić information content (AvgIpc) is 2.77. The first-order valence-electron chi connectivity index (χ1n) is 5.64.